The molecule has 0 spiro atoms. The van der Waals surface area contributed by atoms with E-state index in [1.807, 2.05) is 0 Å². The van der Waals surface area contributed by atoms with Crippen molar-refractivity contribution in [1.82, 2.24) is 0 Å². The number of carbonyl (C=O) groups is 1. The summed E-state index contributed by atoms with van der Waals surface area (Å²) >= 11 is 7.13. The Morgan fingerprint density at radius 2 is 2.06 bits per heavy atom. The van der Waals surface area contributed by atoms with E-state index in [4.69, 9.17) is 0 Å². The van der Waals surface area contributed by atoms with Gasteiger partial charge in [-0.25, -0.2) is 0 Å². The summed E-state index contributed by atoms with van der Waals surface area (Å²) in [7, 11) is 0. The fourth-order valence-electron chi connectivity index (χ4n) is 1.13. The normalized spacial score (nSPS) is 12.6. The van der Waals surface area contributed by atoms with Gasteiger partial charge in [-0.2, -0.15) is 8.78 Å². The van der Waals surface area contributed by atoms with Crippen LogP contribution in [0.2, 0.25) is 0 Å². The van der Waals surface area contributed by atoms with Gasteiger partial charge in [0.05, 0.1) is 4.83 Å². The highest BCUT2D eigenvalue weighted by atomic mass is 79.9. The molecule has 0 amide bonds. The summed E-state index contributed by atoms with van der Waals surface area (Å²) in [5.74, 6) is -0.283. The first-order chi connectivity index (χ1) is 7.40. The number of halogens is 3. The molecule has 0 aliphatic heterocycles. The molecular weight excluding hydrogens is 302 g/mol. The van der Waals surface area contributed by atoms with Crippen molar-refractivity contribution >= 4 is 34.3 Å². The monoisotopic (exact) mass is 310 g/mol. The zero-order valence-electron chi connectivity index (χ0n) is 8.28. The number of alkyl halides is 3. The molecule has 88 valence electrons. The average Bonchev–Trinajstić information content (AvgIpc) is 2.14. The minimum atomic E-state index is -2.92. The van der Waals surface area contributed by atoms with E-state index in [-0.39, 0.29) is 21.9 Å². The summed E-state index contributed by atoms with van der Waals surface area (Å²) < 4.78 is 28.2. The van der Waals surface area contributed by atoms with Crippen LogP contribution in [0.1, 0.15) is 17.3 Å². The number of hydrogen-bond acceptors (Lipinski definition) is 3. The molecule has 0 aliphatic carbocycles. The number of hydrogen-bond donors (Lipinski definition) is 1. The molecule has 1 rings (SSSR count). The van der Waals surface area contributed by atoms with Crippen molar-refractivity contribution < 1.29 is 18.3 Å². The molecule has 1 unspecified atom stereocenters. The second-order valence-corrected chi connectivity index (χ2v) is 4.96. The minimum absolute atomic E-state index is 0.0704. The van der Waals surface area contributed by atoms with Crippen LogP contribution >= 0.6 is 28.6 Å². The molecule has 1 aromatic rings. The minimum Gasteiger partial charge on any atom is -0.435 e. The van der Waals surface area contributed by atoms with Gasteiger partial charge >= 0.3 is 6.61 Å². The van der Waals surface area contributed by atoms with Gasteiger partial charge in [-0.15, -0.1) is 12.6 Å². The van der Waals surface area contributed by atoms with Gasteiger partial charge in [-0.3, -0.25) is 4.79 Å². The molecule has 0 N–H and O–H groups in total. The van der Waals surface area contributed by atoms with E-state index in [1.54, 1.807) is 6.92 Å². The van der Waals surface area contributed by atoms with Crippen LogP contribution in [0.4, 0.5) is 8.78 Å². The summed E-state index contributed by atoms with van der Waals surface area (Å²) in [4.78, 5) is 11.6. The molecule has 1 atom stereocenters. The first-order valence-electron chi connectivity index (χ1n) is 4.37. The van der Waals surface area contributed by atoms with Gasteiger partial charge in [0, 0.05) is 10.5 Å². The highest BCUT2D eigenvalue weighted by molar-refractivity contribution is 9.10. The van der Waals surface area contributed by atoms with Gasteiger partial charge in [0.25, 0.3) is 0 Å². The Balaban J connectivity index is 3.03. The Labute approximate surface area is 106 Å². The predicted octanol–water partition coefficient (Wildman–Crippen LogP) is 3.54. The van der Waals surface area contributed by atoms with E-state index in [0.717, 1.165) is 0 Å². The van der Waals surface area contributed by atoms with Gasteiger partial charge in [0.2, 0.25) is 0 Å². The molecule has 0 radical (unpaired) electrons. The lowest BCUT2D eigenvalue weighted by Gasteiger charge is -2.08. The standard InChI is InChI=1S/C10H9BrF2O2S/c1-5(11)9(14)6-2-7(15-10(12)13)4-8(16)3-6/h2-5,10,16H,1H3. The summed E-state index contributed by atoms with van der Waals surface area (Å²) in [6.45, 7) is -1.26. The molecule has 16 heavy (non-hydrogen) atoms. The molecule has 0 heterocycles. The number of ether oxygens (including phenoxy) is 1. The SMILES string of the molecule is CC(Br)C(=O)c1cc(S)cc(OC(F)F)c1. The highest BCUT2D eigenvalue weighted by Gasteiger charge is 2.14. The third-order valence-corrected chi connectivity index (χ3v) is 2.44. The molecule has 2 nitrogen and oxygen atoms in total. The molecule has 0 fully saturated rings. The molecule has 0 saturated carbocycles. The molecule has 0 saturated heterocycles. The average molecular weight is 311 g/mol. The van der Waals surface area contributed by atoms with Crippen LogP contribution in [-0.2, 0) is 0 Å². The van der Waals surface area contributed by atoms with E-state index in [0.29, 0.717) is 4.90 Å². The summed E-state index contributed by atoms with van der Waals surface area (Å²) in [6.07, 6.45) is 0. The second-order valence-electron chi connectivity index (χ2n) is 3.07. The van der Waals surface area contributed by atoms with Gasteiger partial charge < -0.3 is 4.74 Å². The number of thiol groups is 1. The topological polar surface area (TPSA) is 26.3 Å². The number of benzene rings is 1. The van der Waals surface area contributed by atoms with Crippen LogP contribution in [0.25, 0.3) is 0 Å². The zero-order valence-corrected chi connectivity index (χ0v) is 10.8. The smallest absolute Gasteiger partial charge is 0.387 e. The maximum absolute atomic E-state index is 12.0. The Hall–Kier alpha value is -0.620. The number of carbonyl (C=O) groups excluding carboxylic acids is 1. The van der Waals surface area contributed by atoms with E-state index in [9.17, 15) is 13.6 Å². The Kier molecular flexibility index (Phi) is 4.73. The second kappa shape index (κ2) is 5.63. The molecule has 6 heteroatoms. The van der Waals surface area contributed by atoms with E-state index < -0.39 is 6.61 Å². The van der Waals surface area contributed by atoms with Crippen molar-refractivity contribution in [2.45, 2.75) is 23.3 Å². The van der Waals surface area contributed by atoms with Crippen molar-refractivity contribution in [1.29, 1.82) is 0 Å². The largest absolute Gasteiger partial charge is 0.435 e. The van der Waals surface area contributed by atoms with Crippen molar-refractivity contribution in [3.8, 4) is 5.75 Å². The van der Waals surface area contributed by atoms with Crippen LogP contribution in [-0.4, -0.2) is 17.2 Å². The van der Waals surface area contributed by atoms with Gasteiger partial charge in [-0.1, -0.05) is 15.9 Å². The van der Waals surface area contributed by atoms with Gasteiger partial charge in [0.15, 0.2) is 5.78 Å². The highest BCUT2D eigenvalue weighted by Crippen LogP contribution is 2.23. The Morgan fingerprint density at radius 1 is 1.44 bits per heavy atom. The van der Waals surface area contributed by atoms with E-state index in [1.165, 1.54) is 18.2 Å². The number of Topliss-reactive ketones (excluding diaryl/α,β-unsaturated/α-hetero) is 1. The maximum atomic E-state index is 12.0. The number of rotatable bonds is 4. The number of ketones is 1. The van der Waals surface area contributed by atoms with E-state index in [2.05, 4.69) is 33.3 Å². The van der Waals surface area contributed by atoms with Crippen molar-refractivity contribution in [2.75, 3.05) is 0 Å². The molecule has 1 aromatic carbocycles. The van der Waals surface area contributed by atoms with Crippen molar-refractivity contribution in [2.24, 2.45) is 0 Å². The fourth-order valence-corrected chi connectivity index (χ4v) is 1.66. The third kappa shape index (κ3) is 3.75. The first-order valence-corrected chi connectivity index (χ1v) is 5.73. The van der Waals surface area contributed by atoms with Crippen LogP contribution in [0.15, 0.2) is 23.1 Å². The van der Waals surface area contributed by atoms with Crippen molar-refractivity contribution in [3.05, 3.63) is 23.8 Å². The van der Waals surface area contributed by atoms with Crippen LogP contribution in [0.5, 0.6) is 5.75 Å². The quantitative estimate of drug-likeness (QED) is 0.523. The summed E-state index contributed by atoms with van der Waals surface area (Å²) in [5.41, 5.74) is 0.285. The summed E-state index contributed by atoms with van der Waals surface area (Å²) in [6, 6.07) is 4.10. The zero-order chi connectivity index (χ0) is 12.3. The lowest BCUT2D eigenvalue weighted by Crippen LogP contribution is -2.11. The molecule has 0 aliphatic rings. The van der Waals surface area contributed by atoms with Gasteiger partial charge in [0.1, 0.15) is 5.75 Å². The maximum Gasteiger partial charge on any atom is 0.387 e. The van der Waals surface area contributed by atoms with Crippen LogP contribution in [0.3, 0.4) is 0 Å². The molecule has 0 aromatic heterocycles. The lowest BCUT2D eigenvalue weighted by molar-refractivity contribution is -0.0500. The Bertz CT molecular complexity index is 396. The lowest BCUT2D eigenvalue weighted by atomic mass is 10.1. The third-order valence-electron chi connectivity index (χ3n) is 1.76. The van der Waals surface area contributed by atoms with Gasteiger partial charge in [-0.05, 0) is 25.1 Å². The van der Waals surface area contributed by atoms with Crippen molar-refractivity contribution in [3.63, 3.8) is 0 Å². The van der Waals surface area contributed by atoms with Crippen LogP contribution < -0.4 is 4.74 Å². The predicted molar refractivity (Wildman–Crippen MR) is 63.0 cm³/mol. The fraction of sp³-hybridized carbons (Fsp3) is 0.300. The van der Waals surface area contributed by atoms with E-state index >= 15 is 0 Å². The molecular formula is C10H9BrF2O2S. The Morgan fingerprint density at radius 3 is 2.56 bits per heavy atom. The summed E-state index contributed by atoms with van der Waals surface area (Å²) in [5, 5.41) is 0. The first kappa shape index (κ1) is 13.4. The van der Waals surface area contributed by atoms with Crippen LogP contribution in [0, 0.1) is 0 Å². The molecule has 0 bridgehead atoms.